The number of guanidine groups is 1. The zero-order valence-corrected chi connectivity index (χ0v) is 21.0. The van der Waals surface area contributed by atoms with Crippen molar-refractivity contribution in [3.8, 4) is 5.75 Å². The van der Waals surface area contributed by atoms with Crippen molar-refractivity contribution >= 4 is 29.9 Å². The minimum Gasteiger partial charge on any atom is -0.494 e. The maximum atomic E-state index is 5.78. The summed E-state index contributed by atoms with van der Waals surface area (Å²) in [5.41, 5.74) is 5.99. The summed E-state index contributed by atoms with van der Waals surface area (Å²) in [6.45, 7) is 13.2. The summed E-state index contributed by atoms with van der Waals surface area (Å²) in [6, 6.07) is 6.27. The van der Waals surface area contributed by atoms with Gasteiger partial charge in [-0.15, -0.1) is 24.0 Å². The van der Waals surface area contributed by atoms with Gasteiger partial charge < -0.3 is 15.4 Å². The van der Waals surface area contributed by atoms with Crippen LogP contribution in [0.2, 0.25) is 0 Å². The Kier molecular flexibility index (Phi) is 11.1. The summed E-state index contributed by atoms with van der Waals surface area (Å²) in [7, 11) is 2.02. The van der Waals surface area contributed by atoms with E-state index < -0.39 is 0 Å². The lowest BCUT2D eigenvalue weighted by Crippen LogP contribution is -2.37. The van der Waals surface area contributed by atoms with Crippen LogP contribution in [-0.4, -0.2) is 28.9 Å². The Morgan fingerprint density at radius 1 is 1.14 bits per heavy atom. The van der Waals surface area contributed by atoms with Crippen LogP contribution in [0.25, 0.3) is 0 Å². The van der Waals surface area contributed by atoms with Crippen molar-refractivity contribution in [3.63, 3.8) is 0 Å². The number of nitrogens with zero attached hydrogens (tertiary/aromatic N) is 3. The molecule has 0 aliphatic heterocycles. The molecule has 1 aromatic heterocycles. The number of ether oxygens (including phenoxy) is 1. The molecule has 1 heterocycles. The smallest absolute Gasteiger partial charge is 0.191 e. The number of halogens is 1. The first kappa shape index (κ1) is 25.3. The van der Waals surface area contributed by atoms with Gasteiger partial charge in [0.1, 0.15) is 5.75 Å². The highest BCUT2D eigenvalue weighted by Gasteiger charge is 2.14. The lowest BCUT2D eigenvalue weighted by molar-refractivity contribution is 0.336. The molecular weight excluding hydrogens is 477 g/mol. The van der Waals surface area contributed by atoms with Gasteiger partial charge in [0.25, 0.3) is 0 Å². The monoisotopic (exact) mass is 513 g/mol. The summed E-state index contributed by atoms with van der Waals surface area (Å²) >= 11 is 0. The second-order valence-electron chi connectivity index (χ2n) is 6.80. The number of hydrogen-bond donors (Lipinski definition) is 2. The van der Waals surface area contributed by atoms with Gasteiger partial charge in [-0.25, -0.2) is 4.99 Å². The molecule has 2 rings (SSSR count). The van der Waals surface area contributed by atoms with Crippen LogP contribution in [0.3, 0.4) is 0 Å². The number of benzene rings is 1. The van der Waals surface area contributed by atoms with E-state index in [0.29, 0.717) is 13.2 Å². The number of rotatable bonds is 9. The van der Waals surface area contributed by atoms with E-state index >= 15 is 0 Å². The molecule has 0 aliphatic rings. The average molecular weight is 513 g/mol. The second-order valence-corrected chi connectivity index (χ2v) is 6.80. The number of aliphatic imine (C=N–C) groups is 1. The summed E-state index contributed by atoms with van der Waals surface area (Å²) in [5.74, 6) is 1.72. The normalized spacial score (nSPS) is 11.2. The van der Waals surface area contributed by atoms with Gasteiger partial charge in [-0.1, -0.05) is 26.0 Å². The second kappa shape index (κ2) is 12.7. The molecule has 0 aliphatic carbocycles. The predicted molar refractivity (Wildman–Crippen MR) is 131 cm³/mol. The van der Waals surface area contributed by atoms with E-state index in [1.165, 1.54) is 16.8 Å². The van der Waals surface area contributed by atoms with E-state index in [0.717, 1.165) is 48.9 Å². The van der Waals surface area contributed by atoms with Crippen LogP contribution in [0.5, 0.6) is 5.75 Å². The van der Waals surface area contributed by atoms with Gasteiger partial charge >= 0.3 is 0 Å². The van der Waals surface area contributed by atoms with E-state index in [-0.39, 0.29) is 24.0 Å². The van der Waals surface area contributed by atoms with Crippen molar-refractivity contribution in [2.24, 2.45) is 12.0 Å². The van der Waals surface area contributed by atoms with Crippen LogP contribution in [-0.2, 0) is 33.0 Å². The first-order valence-electron chi connectivity index (χ1n) is 10.3. The molecule has 162 valence electrons. The maximum absolute atomic E-state index is 5.78. The highest BCUT2D eigenvalue weighted by molar-refractivity contribution is 14.0. The van der Waals surface area contributed by atoms with Crippen molar-refractivity contribution in [1.82, 2.24) is 20.4 Å². The Morgan fingerprint density at radius 3 is 2.52 bits per heavy atom. The maximum Gasteiger partial charge on any atom is 0.191 e. The molecule has 0 spiro atoms. The summed E-state index contributed by atoms with van der Waals surface area (Å²) < 4.78 is 7.78. The van der Waals surface area contributed by atoms with Crippen LogP contribution in [0.1, 0.15) is 55.8 Å². The van der Waals surface area contributed by atoms with Crippen LogP contribution in [0.15, 0.2) is 23.2 Å². The molecule has 0 saturated heterocycles. The zero-order valence-electron chi connectivity index (χ0n) is 18.6. The molecule has 0 fully saturated rings. The topological polar surface area (TPSA) is 63.5 Å². The van der Waals surface area contributed by atoms with Crippen LogP contribution in [0, 0.1) is 6.92 Å². The number of nitrogens with one attached hydrogen (secondary N) is 2. The predicted octanol–water partition coefficient (Wildman–Crippen LogP) is 4.13. The van der Waals surface area contributed by atoms with Crippen LogP contribution < -0.4 is 15.4 Å². The molecule has 0 bridgehead atoms. The van der Waals surface area contributed by atoms with Gasteiger partial charge in [-0.3, -0.25) is 4.68 Å². The quantitative estimate of drug-likeness (QED) is 0.301. The number of hydrogen-bond acceptors (Lipinski definition) is 3. The Morgan fingerprint density at radius 2 is 1.90 bits per heavy atom. The molecule has 2 N–H and O–H groups in total. The van der Waals surface area contributed by atoms with Crippen molar-refractivity contribution in [2.45, 2.75) is 60.5 Å². The molecular formula is C22H36IN5O. The Labute approximate surface area is 192 Å². The first-order chi connectivity index (χ1) is 13.5. The minimum atomic E-state index is 0. The molecule has 6 nitrogen and oxygen atoms in total. The van der Waals surface area contributed by atoms with Gasteiger partial charge in [-0.2, -0.15) is 5.10 Å². The standard InChI is InChI=1S/C22H35N5O.HI/c1-7-19-18(20(8-2)27(6)26-19)15-25-22(23-9-3)24-14-17-12-11-16(5)13-21(17)28-10-4;/h11-13H,7-10,14-15H2,1-6H3,(H2,23,24,25);1H. The first-order valence-corrected chi connectivity index (χ1v) is 10.3. The third-order valence-corrected chi connectivity index (χ3v) is 4.73. The average Bonchev–Trinajstić information content (AvgIpc) is 3.00. The van der Waals surface area contributed by atoms with E-state index in [4.69, 9.17) is 9.73 Å². The molecule has 1 aromatic carbocycles. The summed E-state index contributed by atoms with van der Waals surface area (Å²) in [5, 5.41) is 11.5. The van der Waals surface area contributed by atoms with Crippen molar-refractivity contribution < 1.29 is 4.74 Å². The van der Waals surface area contributed by atoms with E-state index in [1.54, 1.807) is 0 Å². The van der Waals surface area contributed by atoms with Gasteiger partial charge in [0.05, 0.1) is 18.8 Å². The largest absolute Gasteiger partial charge is 0.494 e. The molecule has 0 saturated carbocycles. The zero-order chi connectivity index (χ0) is 20.5. The molecule has 2 aromatic rings. The van der Waals surface area contributed by atoms with Crippen molar-refractivity contribution in [1.29, 1.82) is 0 Å². The lowest BCUT2D eigenvalue weighted by Gasteiger charge is -2.14. The van der Waals surface area contributed by atoms with Gasteiger partial charge in [0.15, 0.2) is 5.96 Å². The molecule has 0 amide bonds. The van der Waals surface area contributed by atoms with Gasteiger partial charge in [0.2, 0.25) is 0 Å². The van der Waals surface area contributed by atoms with Gasteiger partial charge in [0, 0.05) is 37.0 Å². The molecule has 29 heavy (non-hydrogen) atoms. The van der Waals surface area contributed by atoms with Crippen molar-refractivity contribution in [2.75, 3.05) is 13.2 Å². The molecule has 0 unspecified atom stereocenters. The van der Waals surface area contributed by atoms with Crippen LogP contribution >= 0.6 is 24.0 Å². The Balaban J connectivity index is 0.00000420. The van der Waals surface area contributed by atoms with Crippen molar-refractivity contribution in [3.05, 3.63) is 46.3 Å². The summed E-state index contributed by atoms with van der Waals surface area (Å²) in [4.78, 5) is 4.78. The fraction of sp³-hybridized carbons (Fsp3) is 0.545. The third kappa shape index (κ3) is 6.90. The molecule has 7 heteroatoms. The number of aromatic nitrogens is 2. The van der Waals surface area contributed by atoms with E-state index in [1.807, 2.05) is 18.7 Å². The Hall–Kier alpha value is -1.77. The fourth-order valence-electron chi connectivity index (χ4n) is 3.35. The van der Waals surface area contributed by atoms with Crippen LogP contribution in [0.4, 0.5) is 0 Å². The fourth-order valence-corrected chi connectivity index (χ4v) is 3.35. The Bertz CT molecular complexity index is 801. The number of aryl methyl sites for hydroxylation is 3. The SMILES string of the molecule is CCNC(=NCc1ccc(C)cc1OCC)NCc1c(CC)nn(C)c1CC.I. The lowest BCUT2D eigenvalue weighted by atomic mass is 10.1. The minimum absolute atomic E-state index is 0. The molecule has 0 radical (unpaired) electrons. The summed E-state index contributed by atoms with van der Waals surface area (Å²) in [6.07, 6.45) is 1.90. The van der Waals surface area contributed by atoms with E-state index in [2.05, 4.69) is 61.6 Å². The molecule has 0 atom stereocenters. The van der Waals surface area contributed by atoms with Gasteiger partial charge in [-0.05, 0) is 45.2 Å². The highest BCUT2D eigenvalue weighted by atomic mass is 127. The third-order valence-electron chi connectivity index (χ3n) is 4.73. The van der Waals surface area contributed by atoms with E-state index in [9.17, 15) is 0 Å². The highest BCUT2D eigenvalue weighted by Crippen LogP contribution is 2.21.